The van der Waals surface area contributed by atoms with Crippen LogP contribution in [0.3, 0.4) is 0 Å². The van der Waals surface area contributed by atoms with Gasteiger partial charge in [0, 0.05) is 6.54 Å². The second-order valence-corrected chi connectivity index (χ2v) is 6.96. The van der Waals surface area contributed by atoms with Crippen molar-refractivity contribution in [3.8, 4) is 23.3 Å². The quantitative estimate of drug-likeness (QED) is 0.300. The SMILES string of the molecule is CCOC(=O)COc1c(Cl)cc(/C=C(/C#N)C(=O)NCc2ccc(OC)cc2)cc1OCC. The summed E-state index contributed by atoms with van der Waals surface area (Å²) in [6, 6.07) is 12.2. The molecule has 0 aliphatic rings. The van der Waals surface area contributed by atoms with E-state index in [0.29, 0.717) is 17.9 Å². The molecule has 0 heterocycles. The molecule has 0 aliphatic carbocycles. The van der Waals surface area contributed by atoms with Crippen LogP contribution < -0.4 is 19.5 Å². The molecular weight excluding hydrogens is 448 g/mol. The Morgan fingerprint density at radius 2 is 1.85 bits per heavy atom. The van der Waals surface area contributed by atoms with Crippen LogP contribution in [-0.4, -0.2) is 38.8 Å². The molecule has 0 fully saturated rings. The molecule has 0 saturated carbocycles. The number of rotatable bonds is 11. The van der Waals surface area contributed by atoms with Gasteiger partial charge < -0.3 is 24.3 Å². The number of hydrogen-bond donors (Lipinski definition) is 1. The summed E-state index contributed by atoms with van der Waals surface area (Å²) >= 11 is 6.32. The lowest BCUT2D eigenvalue weighted by Gasteiger charge is -2.14. The van der Waals surface area contributed by atoms with Gasteiger partial charge in [0.05, 0.1) is 25.3 Å². The van der Waals surface area contributed by atoms with Gasteiger partial charge in [-0.15, -0.1) is 0 Å². The van der Waals surface area contributed by atoms with E-state index in [-0.39, 0.29) is 41.9 Å². The van der Waals surface area contributed by atoms with E-state index in [0.717, 1.165) is 5.56 Å². The van der Waals surface area contributed by atoms with Crippen molar-refractivity contribution >= 4 is 29.6 Å². The fourth-order valence-corrected chi connectivity index (χ4v) is 3.02. The van der Waals surface area contributed by atoms with Crippen molar-refractivity contribution in [3.05, 3.63) is 58.1 Å². The summed E-state index contributed by atoms with van der Waals surface area (Å²) in [7, 11) is 1.57. The first kappa shape index (κ1) is 25.6. The number of nitrogens with zero attached hydrogens (tertiary/aromatic N) is 1. The van der Waals surface area contributed by atoms with Gasteiger partial charge in [0.1, 0.15) is 17.4 Å². The zero-order valence-electron chi connectivity index (χ0n) is 18.6. The topological polar surface area (TPSA) is 107 Å². The fourth-order valence-electron chi connectivity index (χ4n) is 2.74. The Bertz CT molecular complexity index is 1040. The van der Waals surface area contributed by atoms with Crippen LogP contribution in [0.15, 0.2) is 42.0 Å². The highest BCUT2D eigenvalue weighted by molar-refractivity contribution is 6.32. The Balaban J connectivity index is 2.18. The molecule has 2 aromatic carbocycles. The van der Waals surface area contributed by atoms with E-state index < -0.39 is 11.9 Å². The average Bonchev–Trinajstić information content (AvgIpc) is 2.81. The van der Waals surface area contributed by atoms with Crippen molar-refractivity contribution in [2.24, 2.45) is 0 Å². The third-order valence-electron chi connectivity index (χ3n) is 4.26. The van der Waals surface area contributed by atoms with Crippen LogP contribution >= 0.6 is 11.6 Å². The van der Waals surface area contributed by atoms with Gasteiger partial charge in [-0.1, -0.05) is 23.7 Å². The summed E-state index contributed by atoms with van der Waals surface area (Å²) in [5.41, 5.74) is 1.21. The number of hydrogen-bond acceptors (Lipinski definition) is 7. The monoisotopic (exact) mass is 472 g/mol. The lowest BCUT2D eigenvalue weighted by Crippen LogP contribution is -2.23. The van der Waals surface area contributed by atoms with Gasteiger partial charge >= 0.3 is 5.97 Å². The number of halogens is 1. The van der Waals surface area contributed by atoms with E-state index in [2.05, 4.69) is 5.32 Å². The van der Waals surface area contributed by atoms with Gasteiger partial charge in [-0.05, 0) is 55.3 Å². The third kappa shape index (κ3) is 7.74. The molecular formula is C24H25ClN2O6. The number of amides is 1. The van der Waals surface area contributed by atoms with Crippen LogP contribution in [0.5, 0.6) is 17.2 Å². The summed E-state index contributed by atoms with van der Waals surface area (Å²) in [6.07, 6.45) is 1.40. The van der Waals surface area contributed by atoms with Crippen LogP contribution in [0.25, 0.3) is 6.08 Å². The maximum absolute atomic E-state index is 12.5. The van der Waals surface area contributed by atoms with Crippen LogP contribution in [0.4, 0.5) is 0 Å². The summed E-state index contributed by atoms with van der Waals surface area (Å²) < 4.78 is 21.0. The second kappa shape index (κ2) is 13.0. The normalized spacial score (nSPS) is 10.7. The fraction of sp³-hybridized carbons (Fsp3) is 0.292. The van der Waals surface area contributed by atoms with E-state index in [1.54, 1.807) is 39.2 Å². The predicted octanol–water partition coefficient (Wildman–Crippen LogP) is 3.91. The van der Waals surface area contributed by atoms with Crippen LogP contribution in [0.1, 0.15) is 25.0 Å². The molecule has 1 N–H and O–H groups in total. The van der Waals surface area contributed by atoms with Crippen molar-refractivity contribution in [1.29, 1.82) is 5.26 Å². The number of ether oxygens (including phenoxy) is 4. The van der Waals surface area contributed by atoms with Gasteiger partial charge in [-0.3, -0.25) is 4.79 Å². The van der Waals surface area contributed by atoms with Crippen LogP contribution in [0.2, 0.25) is 5.02 Å². The van der Waals surface area contributed by atoms with Crippen molar-refractivity contribution < 1.29 is 28.5 Å². The first-order valence-electron chi connectivity index (χ1n) is 10.2. The molecule has 33 heavy (non-hydrogen) atoms. The number of benzene rings is 2. The number of nitrogens with one attached hydrogen (secondary N) is 1. The van der Waals surface area contributed by atoms with E-state index in [4.69, 9.17) is 30.5 Å². The van der Waals surface area contributed by atoms with Gasteiger partial charge in [0.15, 0.2) is 18.1 Å². The summed E-state index contributed by atoms with van der Waals surface area (Å²) in [5, 5.41) is 12.3. The highest BCUT2D eigenvalue weighted by Crippen LogP contribution is 2.37. The minimum atomic E-state index is -0.541. The summed E-state index contributed by atoms with van der Waals surface area (Å²) in [6.45, 7) is 3.92. The molecule has 0 spiro atoms. The first-order valence-corrected chi connectivity index (χ1v) is 10.6. The van der Waals surface area contributed by atoms with E-state index in [1.807, 2.05) is 18.2 Å². The lowest BCUT2D eigenvalue weighted by molar-refractivity contribution is -0.145. The van der Waals surface area contributed by atoms with Crippen LogP contribution in [0, 0.1) is 11.3 Å². The van der Waals surface area contributed by atoms with E-state index in [1.165, 1.54) is 12.1 Å². The minimum absolute atomic E-state index is 0.109. The average molecular weight is 473 g/mol. The Labute approximate surface area is 197 Å². The van der Waals surface area contributed by atoms with Gasteiger partial charge in [-0.2, -0.15) is 5.26 Å². The molecule has 0 saturated heterocycles. The zero-order valence-corrected chi connectivity index (χ0v) is 19.4. The van der Waals surface area contributed by atoms with Gasteiger partial charge in [0.25, 0.3) is 5.91 Å². The molecule has 0 atom stereocenters. The maximum atomic E-state index is 12.5. The van der Waals surface area contributed by atoms with E-state index >= 15 is 0 Å². The standard InChI is InChI=1S/C24H25ClN2O6/c1-4-31-21-12-17(11-20(25)23(21)33-15-22(28)32-5-2)10-18(13-26)24(29)27-14-16-6-8-19(30-3)9-7-16/h6-12H,4-5,14-15H2,1-3H3,(H,27,29)/b18-10-. The van der Waals surface area contributed by atoms with Crippen molar-refractivity contribution in [2.75, 3.05) is 26.9 Å². The molecule has 1 amide bonds. The molecule has 2 aromatic rings. The van der Waals surface area contributed by atoms with Crippen molar-refractivity contribution in [1.82, 2.24) is 5.32 Å². The zero-order chi connectivity index (χ0) is 24.2. The van der Waals surface area contributed by atoms with Crippen LogP contribution in [-0.2, 0) is 20.9 Å². The highest BCUT2D eigenvalue weighted by atomic mass is 35.5. The largest absolute Gasteiger partial charge is 0.497 e. The third-order valence-corrected chi connectivity index (χ3v) is 4.54. The smallest absolute Gasteiger partial charge is 0.344 e. The van der Waals surface area contributed by atoms with Crippen molar-refractivity contribution in [3.63, 3.8) is 0 Å². The first-order chi connectivity index (χ1) is 15.9. The molecule has 0 unspecified atom stereocenters. The van der Waals surface area contributed by atoms with Gasteiger partial charge in [0.2, 0.25) is 0 Å². The number of esters is 1. The highest BCUT2D eigenvalue weighted by Gasteiger charge is 2.16. The van der Waals surface area contributed by atoms with E-state index in [9.17, 15) is 14.9 Å². The molecule has 0 bridgehead atoms. The predicted molar refractivity (Wildman–Crippen MR) is 123 cm³/mol. The maximum Gasteiger partial charge on any atom is 0.344 e. The molecule has 0 aliphatic heterocycles. The number of carbonyl (C=O) groups excluding carboxylic acids is 2. The molecule has 2 rings (SSSR count). The Morgan fingerprint density at radius 3 is 2.45 bits per heavy atom. The molecule has 9 heteroatoms. The second-order valence-electron chi connectivity index (χ2n) is 6.56. The summed E-state index contributed by atoms with van der Waals surface area (Å²) in [5.74, 6) is 0.0762. The minimum Gasteiger partial charge on any atom is -0.497 e. The number of nitriles is 1. The number of methoxy groups -OCH3 is 1. The summed E-state index contributed by atoms with van der Waals surface area (Å²) in [4.78, 5) is 24.1. The molecule has 0 aromatic heterocycles. The lowest BCUT2D eigenvalue weighted by atomic mass is 10.1. The van der Waals surface area contributed by atoms with Gasteiger partial charge in [-0.25, -0.2) is 4.79 Å². The molecule has 174 valence electrons. The van der Waals surface area contributed by atoms with Crippen molar-refractivity contribution in [2.45, 2.75) is 20.4 Å². The number of carbonyl (C=O) groups is 2. The molecule has 8 nitrogen and oxygen atoms in total. The molecule has 0 radical (unpaired) electrons. The Morgan fingerprint density at radius 1 is 1.12 bits per heavy atom. The Kier molecular flexibility index (Phi) is 10.1. The Hall–Kier alpha value is -3.70.